The predicted octanol–water partition coefficient (Wildman–Crippen LogP) is 3.75. The van der Waals surface area contributed by atoms with Gasteiger partial charge in [-0.25, -0.2) is 17.5 Å². The Morgan fingerprint density at radius 3 is 2.69 bits per heavy atom. The van der Waals surface area contributed by atoms with Gasteiger partial charge in [-0.05, 0) is 63.6 Å². The van der Waals surface area contributed by atoms with Crippen molar-refractivity contribution in [2.75, 3.05) is 19.8 Å². The van der Waals surface area contributed by atoms with Gasteiger partial charge < -0.3 is 9.47 Å². The molecule has 3 heterocycles. The van der Waals surface area contributed by atoms with E-state index in [2.05, 4.69) is 15.3 Å². The lowest BCUT2D eigenvalue weighted by Gasteiger charge is -2.32. The molecule has 0 radical (unpaired) electrons. The SMILES string of the molecule is Cc1n[nH]c(C)c1S(=O)(=O)N([C@H]1CCOC1)[C@@H](C)COc1cccc2c1cnn2-c1ccc(F)cc1. The second-order valence-electron chi connectivity index (χ2n) is 9.00. The minimum atomic E-state index is -3.85. The molecule has 0 amide bonds. The van der Waals surface area contributed by atoms with Crippen molar-refractivity contribution in [1.29, 1.82) is 0 Å². The summed E-state index contributed by atoms with van der Waals surface area (Å²) in [4.78, 5) is 0.198. The first-order chi connectivity index (χ1) is 17.3. The molecule has 2 aromatic carbocycles. The molecule has 11 heteroatoms. The first kappa shape index (κ1) is 24.4. The number of nitrogens with one attached hydrogen (secondary N) is 1. The molecule has 190 valence electrons. The first-order valence-electron chi connectivity index (χ1n) is 11.8. The molecule has 0 saturated carbocycles. The summed E-state index contributed by atoms with van der Waals surface area (Å²) >= 11 is 0. The van der Waals surface area contributed by atoms with Crippen molar-refractivity contribution in [2.45, 2.75) is 44.2 Å². The van der Waals surface area contributed by atoms with E-state index in [1.54, 1.807) is 36.9 Å². The van der Waals surface area contributed by atoms with E-state index >= 15 is 0 Å². The fraction of sp³-hybridized carbons (Fsp3) is 0.360. The molecule has 5 rings (SSSR count). The van der Waals surface area contributed by atoms with Crippen LogP contribution in [0.3, 0.4) is 0 Å². The Bertz CT molecular complexity index is 1460. The zero-order chi connectivity index (χ0) is 25.4. The van der Waals surface area contributed by atoms with Gasteiger partial charge in [-0.15, -0.1) is 0 Å². The summed E-state index contributed by atoms with van der Waals surface area (Å²) in [6.45, 7) is 6.20. The Kier molecular flexibility index (Phi) is 6.54. The minimum absolute atomic E-state index is 0.131. The lowest BCUT2D eigenvalue weighted by atomic mass is 10.2. The highest BCUT2D eigenvalue weighted by Crippen LogP contribution is 2.31. The van der Waals surface area contributed by atoms with Crippen LogP contribution >= 0.6 is 0 Å². The standard InChI is InChI=1S/C25H28FN5O4S/c1-16(31(21-11-12-34-15-21)36(32,33)25-17(2)28-29-18(25)3)14-35-24-6-4-5-23-22(24)13-27-30(23)20-9-7-19(26)8-10-20/h4-10,13,16,21H,11-12,14-15H2,1-3H3,(H,28,29)/t16-,21-/m0/s1. The third-order valence-electron chi connectivity index (χ3n) is 6.42. The molecule has 36 heavy (non-hydrogen) atoms. The summed E-state index contributed by atoms with van der Waals surface area (Å²) < 4.78 is 55.9. The van der Waals surface area contributed by atoms with Crippen molar-refractivity contribution in [2.24, 2.45) is 0 Å². The van der Waals surface area contributed by atoms with Crippen molar-refractivity contribution in [3.63, 3.8) is 0 Å². The van der Waals surface area contributed by atoms with E-state index in [1.807, 2.05) is 25.1 Å². The lowest BCUT2D eigenvalue weighted by molar-refractivity contribution is 0.148. The summed E-state index contributed by atoms with van der Waals surface area (Å²) in [6.07, 6.45) is 2.30. The minimum Gasteiger partial charge on any atom is -0.491 e. The largest absolute Gasteiger partial charge is 0.491 e. The first-order valence-corrected chi connectivity index (χ1v) is 13.2. The maximum atomic E-state index is 13.8. The molecule has 9 nitrogen and oxygen atoms in total. The summed E-state index contributed by atoms with van der Waals surface area (Å²) in [5.41, 5.74) is 2.45. The fourth-order valence-electron chi connectivity index (χ4n) is 4.76. The molecule has 1 N–H and O–H groups in total. The molecule has 1 aliphatic rings. The topological polar surface area (TPSA) is 102 Å². The Balaban J connectivity index is 1.42. The van der Waals surface area contributed by atoms with E-state index in [1.165, 1.54) is 16.4 Å². The summed E-state index contributed by atoms with van der Waals surface area (Å²) in [7, 11) is -3.85. The molecule has 0 unspecified atom stereocenters. The van der Waals surface area contributed by atoms with Gasteiger partial charge in [-0.3, -0.25) is 5.10 Å². The number of ether oxygens (including phenoxy) is 2. The predicted molar refractivity (Wildman–Crippen MR) is 132 cm³/mol. The molecule has 0 bridgehead atoms. The molecular formula is C25H28FN5O4S. The monoisotopic (exact) mass is 513 g/mol. The van der Waals surface area contributed by atoms with Crippen LogP contribution in [-0.4, -0.2) is 64.6 Å². The highest BCUT2D eigenvalue weighted by Gasteiger charge is 2.40. The average Bonchev–Trinajstić information content (AvgIpc) is 3.59. The van der Waals surface area contributed by atoms with Crippen LogP contribution in [0, 0.1) is 19.7 Å². The van der Waals surface area contributed by atoms with Gasteiger partial charge in [0.15, 0.2) is 0 Å². The average molecular weight is 514 g/mol. The molecule has 0 aliphatic carbocycles. The number of aromatic nitrogens is 4. The highest BCUT2D eigenvalue weighted by atomic mass is 32.2. The lowest BCUT2D eigenvalue weighted by Crippen LogP contribution is -2.48. The van der Waals surface area contributed by atoms with Crippen molar-refractivity contribution in [3.05, 3.63) is 65.9 Å². The van der Waals surface area contributed by atoms with Crippen LogP contribution in [-0.2, 0) is 14.8 Å². The molecule has 1 saturated heterocycles. The van der Waals surface area contributed by atoms with Crippen molar-refractivity contribution < 1.29 is 22.3 Å². The number of halogens is 1. The quantitative estimate of drug-likeness (QED) is 0.385. The molecule has 2 aromatic heterocycles. The van der Waals surface area contributed by atoms with Crippen molar-refractivity contribution in [1.82, 2.24) is 24.3 Å². The maximum absolute atomic E-state index is 13.8. The van der Waals surface area contributed by atoms with Crippen LogP contribution in [0.25, 0.3) is 16.6 Å². The number of nitrogens with zero attached hydrogens (tertiary/aromatic N) is 4. The van der Waals surface area contributed by atoms with Crippen LogP contribution in [0.1, 0.15) is 24.7 Å². The fourth-order valence-corrected chi connectivity index (χ4v) is 6.92. The third-order valence-corrected chi connectivity index (χ3v) is 8.75. The summed E-state index contributed by atoms with van der Waals surface area (Å²) in [6, 6.07) is 10.9. The molecule has 0 spiro atoms. The van der Waals surface area contributed by atoms with E-state index < -0.39 is 16.1 Å². The number of rotatable bonds is 8. The smallest absolute Gasteiger partial charge is 0.247 e. The van der Waals surface area contributed by atoms with Gasteiger partial charge in [0.25, 0.3) is 0 Å². The highest BCUT2D eigenvalue weighted by molar-refractivity contribution is 7.89. The van der Waals surface area contributed by atoms with Gasteiger partial charge in [0.05, 0.1) is 52.9 Å². The Labute approximate surface area is 208 Å². The number of hydrogen-bond acceptors (Lipinski definition) is 6. The van der Waals surface area contributed by atoms with E-state index in [9.17, 15) is 12.8 Å². The van der Waals surface area contributed by atoms with E-state index in [-0.39, 0.29) is 23.4 Å². The zero-order valence-corrected chi connectivity index (χ0v) is 21.1. The number of H-pyrrole nitrogens is 1. The third kappa shape index (κ3) is 4.38. The normalized spacial score (nSPS) is 17.2. The second-order valence-corrected chi connectivity index (χ2v) is 10.8. The molecule has 2 atom stereocenters. The van der Waals surface area contributed by atoms with Gasteiger partial charge >= 0.3 is 0 Å². The van der Waals surface area contributed by atoms with E-state index in [4.69, 9.17) is 9.47 Å². The second kappa shape index (κ2) is 9.64. The van der Waals surface area contributed by atoms with Crippen LogP contribution < -0.4 is 4.74 Å². The molecular weight excluding hydrogens is 485 g/mol. The molecule has 1 aliphatic heterocycles. The van der Waals surface area contributed by atoms with Crippen LogP contribution in [0.4, 0.5) is 4.39 Å². The van der Waals surface area contributed by atoms with E-state index in [0.29, 0.717) is 36.8 Å². The molecule has 1 fully saturated rings. The summed E-state index contributed by atoms with van der Waals surface area (Å²) in [5, 5.41) is 12.1. The Morgan fingerprint density at radius 2 is 2.03 bits per heavy atom. The number of fused-ring (bicyclic) bond motifs is 1. The van der Waals surface area contributed by atoms with Gasteiger partial charge in [0, 0.05) is 6.61 Å². The Morgan fingerprint density at radius 1 is 1.25 bits per heavy atom. The summed E-state index contributed by atoms with van der Waals surface area (Å²) in [5.74, 6) is 0.268. The van der Waals surface area contributed by atoms with Crippen LogP contribution in [0.5, 0.6) is 5.75 Å². The maximum Gasteiger partial charge on any atom is 0.247 e. The number of benzene rings is 2. The van der Waals surface area contributed by atoms with Gasteiger partial charge in [0.2, 0.25) is 10.0 Å². The Hall–Kier alpha value is -3.28. The number of aryl methyl sites for hydroxylation is 2. The van der Waals surface area contributed by atoms with Crippen molar-refractivity contribution in [3.8, 4) is 11.4 Å². The van der Waals surface area contributed by atoms with Gasteiger partial charge in [-0.2, -0.15) is 14.5 Å². The number of aromatic amines is 1. The number of sulfonamides is 1. The molecule has 4 aromatic rings. The van der Waals surface area contributed by atoms with Crippen LogP contribution in [0.2, 0.25) is 0 Å². The number of hydrogen-bond donors (Lipinski definition) is 1. The van der Waals surface area contributed by atoms with Gasteiger partial charge in [-0.1, -0.05) is 6.07 Å². The van der Waals surface area contributed by atoms with E-state index in [0.717, 1.165) is 16.6 Å². The van der Waals surface area contributed by atoms with Crippen molar-refractivity contribution >= 4 is 20.9 Å². The zero-order valence-electron chi connectivity index (χ0n) is 20.3. The van der Waals surface area contributed by atoms with Gasteiger partial charge in [0.1, 0.15) is 23.1 Å². The van der Waals surface area contributed by atoms with Crippen LogP contribution in [0.15, 0.2) is 53.6 Å².